The average Bonchev–Trinajstić information content (AvgIpc) is 2.62. The first kappa shape index (κ1) is 23.5. The van der Waals surface area contributed by atoms with Crippen molar-refractivity contribution in [3.8, 4) is 11.5 Å². The number of rotatable bonds is 9. The van der Waals surface area contributed by atoms with Gasteiger partial charge in [-0.15, -0.1) is 0 Å². The quantitative estimate of drug-likeness (QED) is 0.296. The Hall–Kier alpha value is -2.83. The highest BCUT2D eigenvalue weighted by atomic mass is 16.5. The normalized spacial score (nSPS) is 14.6. The van der Waals surface area contributed by atoms with Crippen molar-refractivity contribution in [2.24, 2.45) is 5.73 Å². The van der Waals surface area contributed by atoms with Crippen LogP contribution >= 0.6 is 0 Å². The Labute approximate surface area is 173 Å². The van der Waals surface area contributed by atoms with E-state index >= 15 is 0 Å². The summed E-state index contributed by atoms with van der Waals surface area (Å²) in [5, 5.41) is 37.6. The number of aromatic hydroxyl groups is 1. The van der Waals surface area contributed by atoms with Gasteiger partial charge in [-0.1, -0.05) is 6.07 Å². The van der Waals surface area contributed by atoms with E-state index in [1.165, 1.54) is 21.9 Å². The van der Waals surface area contributed by atoms with Gasteiger partial charge >= 0.3 is 13.1 Å². The highest BCUT2D eigenvalue weighted by Gasteiger charge is 2.36. The van der Waals surface area contributed by atoms with Crippen LogP contribution in [-0.4, -0.2) is 94.3 Å². The molecule has 1 aliphatic rings. The molecule has 0 unspecified atom stereocenters. The van der Waals surface area contributed by atoms with E-state index in [-0.39, 0.29) is 49.5 Å². The van der Waals surface area contributed by atoms with E-state index in [2.05, 4.69) is 0 Å². The number of carbonyl (C=O) groups is 3. The zero-order valence-electron chi connectivity index (χ0n) is 16.8. The molecule has 1 aromatic carbocycles. The van der Waals surface area contributed by atoms with Crippen LogP contribution in [0.15, 0.2) is 12.1 Å². The maximum atomic E-state index is 12.3. The summed E-state index contributed by atoms with van der Waals surface area (Å²) in [5.74, 6) is -2.62. The van der Waals surface area contributed by atoms with Crippen molar-refractivity contribution in [3.63, 3.8) is 0 Å². The van der Waals surface area contributed by atoms with Gasteiger partial charge in [-0.05, 0) is 24.4 Å². The van der Waals surface area contributed by atoms with Gasteiger partial charge in [0.2, 0.25) is 11.8 Å². The summed E-state index contributed by atoms with van der Waals surface area (Å²) in [6.07, 6.45) is -0.606. The topological polar surface area (TPSA) is 174 Å². The highest BCUT2D eigenvalue weighted by molar-refractivity contribution is 6.41. The van der Waals surface area contributed by atoms with Crippen molar-refractivity contribution in [2.45, 2.75) is 31.3 Å². The summed E-state index contributed by atoms with van der Waals surface area (Å²) in [6.45, 7) is 0.335. The summed E-state index contributed by atoms with van der Waals surface area (Å²) in [7, 11) is 1.56. The summed E-state index contributed by atoms with van der Waals surface area (Å²) in [5.41, 5.74) is 5.60. The van der Waals surface area contributed by atoms with E-state index in [1.54, 1.807) is 14.1 Å². The number of amides is 2. The van der Waals surface area contributed by atoms with Gasteiger partial charge in [-0.25, -0.2) is 4.79 Å². The largest absolute Gasteiger partial charge is 0.507 e. The van der Waals surface area contributed by atoms with Crippen molar-refractivity contribution in [3.05, 3.63) is 23.3 Å². The fourth-order valence-corrected chi connectivity index (χ4v) is 2.97. The van der Waals surface area contributed by atoms with Crippen molar-refractivity contribution in [2.75, 3.05) is 27.2 Å². The molecule has 0 bridgehead atoms. The predicted molar refractivity (Wildman–Crippen MR) is 106 cm³/mol. The lowest BCUT2D eigenvalue weighted by molar-refractivity contribution is -0.144. The Morgan fingerprint density at radius 3 is 2.47 bits per heavy atom. The van der Waals surface area contributed by atoms with Crippen molar-refractivity contribution in [1.82, 2.24) is 9.80 Å². The third-order valence-electron chi connectivity index (χ3n) is 4.77. The van der Waals surface area contributed by atoms with Crippen LogP contribution in [0.2, 0.25) is 6.32 Å². The number of ether oxygens (including phenoxy) is 1. The third-order valence-corrected chi connectivity index (χ3v) is 4.77. The molecule has 1 aromatic rings. The lowest BCUT2D eigenvalue weighted by atomic mass is 9.82. The lowest BCUT2D eigenvalue weighted by Gasteiger charge is -2.40. The number of nitrogens with zero attached hydrogens (tertiary/aromatic N) is 2. The van der Waals surface area contributed by atoms with E-state index in [9.17, 15) is 24.6 Å². The van der Waals surface area contributed by atoms with Crippen LogP contribution in [0, 0.1) is 0 Å². The summed E-state index contributed by atoms with van der Waals surface area (Å²) in [4.78, 5) is 38.3. The Balaban J connectivity index is 2.00. The number of aromatic carboxylic acids is 1. The molecule has 2 amide bonds. The standard InChI is InChI=1S/C18H26BN3O8/c1-21(2)14(23)7-12(20)17(25)22-8-11(9-22)30-13-4-3-10(5-6-19(28)29)16(24)15(13)18(26)27/h3-4,11-12,24,28-29H,5-9,20H2,1-2H3,(H,26,27)/t12-/m1/s1. The van der Waals surface area contributed by atoms with Gasteiger partial charge < -0.3 is 40.5 Å². The van der Waals surface area contributed by atoms with Crippen molar-refractivity contribution < 1.29 is 39.4 Å². The smallest absolute Gasteiger partial charge is 0.451 e. The average molecular weight is 423 g/mol. The number of aryl methyl sites for hydroxylation is 1. The van der Waals surface area contributed by atoms with Crippen LogP contribution < -0.4 is 10.5 Å². The Morgan fingerprint density at radius 1 is 1.30 bits per heavy atom. The van der Waals surface area contributed by atoms with E-state index in [1.807, 2.05) is 0 Å². The first-order chi connectivity index (χ1) is 14.0. The SMILES string of the molecule is CN(C)C(=O)C[C@@H](N)C(=O)N1CC(Oc2ccc(CCB(O)O)c(O)c2C(=O)O)C1. The van der Waals surface area contributed by atoms with Gasteiger partial charge in [-0.2, -0.15) is 0 Å². The fraction of sp³-hybridized carbons (Fsp3) is 0.500. The van der Waals surface area contributed by atoms with Gasteiger partial charge in [-0.3, -0.25) is 9.59 Å². The van der Waals surface area contributed by atoms with Crippen LogP contribution in [0.3, 0.4) is 0 Å². The van der Waals surface area contributed by atoms with Gasteiger partial charge in [0.25, 0.3) is 0 Å². The summed E-state index contributed by atoms with van der Waals surface area (Å²) >= 11 is 0. The highest BCUT2D eigenvalue weighted by Crippen LogP contribution is 2.34. The van der Waals surface area contributed by atoms with Crippen LogP contribution in [0.1, 0.15) is 22.3 Å². The second kappa shape index (κ2) is 9.78. The number of hydrogen-bond acceptors (Lipinski definition) is 8. The Morgan fingerprint density at radius 2 is 1.93 bits per heavy atom. The maximum Gasteiger partial charge on any atom is 0.451 e. The molecule has 0 spiro atoms. The Bertz CT molecular complexity index is 811. The van der Waals surface area contributed by atoms with Crippen molar-refractivity contribution >= 4 is 24.9 Å². The molecule has 0 saturated carbocycles. The maximum absolute atomic E-state index is 12.3. The van der Waals surface area contributed by atoms with Gasteiger partial charge in [0.05, 0.1) is 25.6 Å². The molecule has 30 heavy (non-hydrogen) atoms. The number of nitrogens with two attached hydrogens (primary N) is 1. The number of carbonyl (C=O) groups excluding carboxylic acids is 2. The van der Waals surface area contributed by atoms with Crippen LogP contribution in [0.25, 0.3) is 0 Å². The minimum absolute atomic E-state index is 0.0579. The molecule has 164 valence electrons. The number of phenols is 1. The number of benzene rings is 1. The number of hydrogen-bond donors (Lipinski definition) is 5. The zero-order chi connectivity index (χ0) is 22.6. The van der Waals surface area contributed by atoms with E-state index in [0.29, 0.717) is 0 Å². The molecule has 0 aromatic heterocycles. The van der Waals surface area contributed by atoms with Crippen molar-refractivity contribution in [1.29, 1.82) is 0 Å². The van der Waals surface area contributed by atoms with Crippen LogP contribution in [0.5, 0.6) is 11.5 Å². The molecule has 1 saturated heterocycles. The minimum atomic E-state index is -1.58. The molecule has 1 aliphatic heterocycles. The molecule has 0 radical (unpaired) electrons. The third kappa shape index (κ3) is 5.62. The second-order valence-corrected chi connectivity index (χ2v) is 7.35. The molecular formula is C18H26BN3O8. The first-order valence-electron chi connectivity index (χ1n) is 9.36. The molecular weight excluding hydrogens is 397 g/mol. The van der Waals surface area contributed by atoms with E-state index < -0.39 is 42.5 Å². The van der Waals surface area contributed by atoms with Crippen LogP contribution in [-0.2, 0) is 16.0 Å². The molecule has 1 heterocycles. The van der Waals surface area contributed by atoms with Gasteiger partial charge in [0.15, 0.2) is 0 Å². The molecule has 12 heteroatoms. The minimum Gasteiger partial charge on any atom is -0.507 e. The van der Waals surface area contributed by atoms with E-state index in [0.717, 1.165) is 0 Å². The van der Waals surface area contributed by atoms with Gasteiger partial charge in [0.1, 0.15) is 23.2 Å². The van der Waals surface area contributed by atoms with Gasteiger partial charge in [0, 0.05) is 14.1 Å². The Kier molecular flexibility index (Phi) is 7.65. The summed E-state index contributed by atoms with van der Waals surface area (Å²) < 4.78 is 5.63. The van der Waals surface area contributed by atoms with E-state index in [4.69, 9.17) is 20.5 Å². The molecule has 1 atom stereocenters. The monoisotopic (exact) mass is 423 g/mol. The fourth-order valence-electron chi connectivity index (χ4n) is 2.97. The number of carboxylic acids is 1. The second-order valence-electron chi connectivity index (χ2n) is 7.35. The number of carboxylic acid groups (broad SMARTS) is 1. The first-order valence-corrected chi connectivity index (χ1v) is 9.36. The number of likely N-dealkylation sites (tertiary alicyclic amines) is 1. The van der Waals surface area contributed by atoms with Crippen LogP contribution in [0.4, 0.5) is 0 Å². The molecule has 0 aliphatic carbocycles. The zero-order valence-corrected chi connectivity index (χ0v) is 16.8. The lowest BCUT2D eigenvalue weighted by Crippen LogP contribution is -2.60. The molecule has 1 fully saturated rings. The molecule has 11 nitrogen and oxygen atoms in total. The molecule has 2 rings (SSSR count). The predicted octanol–water partition coefficient (Wildman–Crippen LogP) is -1.50. The summed E-state index contributed by atoms with van der Waals surface area (Å²) in [6, 6.07) is 1.86. The molecule has 6 N–H and O–H groups in total.